The summed E-state index contributed by atoms with van der Waals surface area (Å²) in [4.78, 5) is 18.0. The number of fused-ring (bicyclic) bond motifs is 1. The van der Waals surface area contributed by atoms with Crippen molar-refractivity contribution in [3.8, 4) is 11.5 Å². The van der Waals surface area contributed by atoms with E-state index in [-0.39, 0.29) is 5.91 Å². The number of hydrogen-bond donors (Lipinski definition) is 2. The zero-order valence-corrected chi connectivity index (χ0v) is 21.0. The Morgan fingerprint density at radius 1 is 1.11 bits per heavy atom. The number of carbonyl (C=O) groups is 1. The van der Waals surface area contributed by atoms with E-state index in [9.17, 15) is 4.79 Å². The third-order valence-corrected chi connectivity index (χ3v) is 6.23. The van der Waals surface area contributed by atoms with Gasteiger partial charge in [0, 0.05) is 11.4 Å². The Morgan fingerprint density at radius 3 is 2.71 bits per heavy atom. The molecule has 0 spiro atoms. The lowest BCUT2D eigenvalue weighted by molar-refractivity contribution is -0.113. The second-order valence-corrected chi connectivity index (χ2v) is 8.64. The van der Waals surface area contributed by atoms with Crippen LogP contribution in [-0.4, -0.2) is 33.9 Å². The van der Waals surface area contributed by atoms with Gasteiger partial charge in [0.05, 0.1) is 18.8 Å². The van der Waals surface area contributed by atoms with Gasteiger partial charge < -0.3 is 20.1 Å². The summed E-state index contributed by atoms with van der Waals surface area (Å²) in [5.41, 5.74) is 5.08. The number of aryl methyl sites for hydroxylation is 1. The summed E-state index contributed by atoms with van der Waals surface area (Å²) in [6.45, 7) is 11.1. The second-order valence-electron chi connectivity index (χ2n) is 8.64. The van der Waals surface area contributed by atoms with Gasteiger partial charge in [-0.25, -0.2) is 4.68 Å². The molecule has 8 heteroatoms. The van der Waals surface area contributed by atoms with Gasteiger partial charge >= 0.3 is 0 Å². The Kier molecular flexibility index (Phi) is 7.39. The van der Waals surface area contributed by atoms with E-state index in [2.05, 4.69) is 27.6 Å². The second kappa shape index (κ2) is 10.6. The highest BCUT2D eigenvalue weighted by molar-refractivity contribution is 6.06. The molecule has 35 heavy (non-hydrogen) atoms. The number of ether oxygens (including phenoxy) is 2. The summed E-state index contributed by atoms with van der Waals surface area (Å²) < 4.78 is 13.6. The van der Waals surface area contributed by atoms with Gasteiger partial charge in [-0.15, -0.1) is 0 Å². The number of unbranched alkanes of at least 4 members (excludes halogenated alkanes) is 1. The van der Waals surface area contributed by atoms with Crippen molar-refractivity contribution in [3.63, 3.8) is 0 Å². The van der Waals surface area contributed by atoms with Crippen molar-refractivity contribution < 1.29 is 14.3 Å². The highest BCUT2D eigenvalue weighted by Gasteiger charge is 2.34. The highest BCUT2D eigenvalue weighted by atomic mass is 16.5. The van der Waals surface area contributed by atoms with Crippen LogP contribution in [0.1, 0.15) is 56.3 Å². The molecule has 2 N–H and O–H groups in total. The summed E-state index contributed by atoms with van der Waals surface area (Å²) in [6, 6.07) is 11.2. The van der Waals surface area contributed by atoms with Crippen LogP contribution in [0, 0.1) is 13.8 Å². The van der Waals surface area contributed by atoms with Gasteiger partial charge in [0.1, 0.15) is 12.4 Å². The van der Waals surface area contributed by atoms with Gasteiger partial charge in [-0.05, 0) is 69.0 Å². The minimum absolute atomic E-state index is 0.198. The molecule has 0 aliphatic carbocycles. The van der Waals surface area contributed by atoms with E-state index in [0.717, 1.165) is 40.9 Å². The Labute approximate surface area is 206 Å². The molecule has 184 valence electrons. The topological polar surface area (TPSA) is 90.3 Å². The largest absolute Gasteiger partial charge is 0.490 e. The van der Waals surface area contributed by atoms with Gasteiger partial charge in [-0.1, -0.05) is 31.5 Å². The standard InChI is InChI=1S/C27H33N5O3/c1-6-8-14-35-22-13-12-20(15-23(22)34-7-2)25-24(19(5)30-27-28-16-29-32(25)27)26(33)31-21-11-9-10-17(3)18(21)4/h9-13,15-16,25H,6-8,14H2,1-5H3,(H,31,33)(H,28,29,30). The first kappa shape index (κ1) is 24.3. The summed E-state index contributed by atoms with van der Waals surface area (Å²) in [5.74, 6) is 1.72. The van der Waals surface area contributed by atoms with Crippen LogP contribution in [0.25, 0.3) is 0 Å². The molecule has 1 unspecified atom stereocenters. The average molecular weight is 476 g/mol. The maximum atomic E-state index is 13.7. The van der Waals surface area contributed by atoms with Crippen LogP contribution >= 0.6 is 0 Å². The molecule has 1 aliphatic heterocycles. The molecule has 0 bridgehead atoms. The first-order valence-corrected chi connectivity index (χ1v) is 12.1. The Balaban J connectivity index is 1.74. The van der Waals surface area contributed by atoms with Crippen molar-refractivity contribution in [3.05, 3.63) is 70.7 Å². The number of rotatable bonds is 9. The first-order chi connectivity index (χ1) is 16.9. The Morgan fingerprint density at radius 2 is 1.94 bits per heavy atom. The number of benzene rings is 2. The number of anilines is 2. The molecule has 8 nitrogen and oxygen atoms in total. The summed E-state index contributed by atoms with van der Waals surface area (Å²) in [6.07, 6.45) is 3.50. The number of allylic oxidation sites excluding steroid dienone is 1. The van der Waals surface area contributed by atoms with E-state index in [4.69, 9.17) is 9.47 Å². The fourth-order valence-corrected chi connectivity index (χ4v) is 4.18. The van der Waals surface area contributed by atoms with Crippen molar-refractivity contribution in [1.82, 2.24) is 14.8 Å². The summed E-state index contributed by atoms with van der Waals surface area (Å²) >= 11 is 0. The van der Waals surface area contributed by atoms with Crippen molar-refractivity contribution in [2.45, 2.75) is 53.5 Å². The summed E-state index contributed by atoms with van der Waals surface area (Å²) in [7, 11) is 0. The number of amides is 1. The molecule has 1 amide bonds. The lowest BCUT2D eigenvalue weighted by Crippen LogP contribution is -2.31. The normalized spacial score (nSPS) is 14.8. The number of aromatic nitrogens is 3. The van der Waals surface area contributed by atoms with Crippen LogP contribution in [0.5, 0.6) is 11.5 Å². The third-order valence-electron chi connectivity index (χ3n) is 6.23. The number of hydrogen-bond acceptors (Lipinski definition) is 6. The molecule has 0 saturated heterocycles. The SMILES string of the molecule is CCCCOc1ccc(C2C(C(=O)Nc3cccc(C)c3C)=C(C)Nc3ncnn32)cc1OCC. The number of nitrogens with one attached hydrogen (secondary N) is 2. The van der Waals surface area contributed by atoms with Crippen LogP contribution in [-0.2, 0) is 4.79 Å². The van der Waals surface area contributed by atoms with Gasteiger partial charge in [0.2, 0.25) is 5.95 Å². The molecule has 2 aromatic carbocycles. The van der Waals surface area contributed by atoms with Crippen molar-refractivity contribution in [1.29, 1.82) is 0 Å². The third kappa shape index (κ3) is 5.01. The number of carbonyl (C=O) groups excluding carboxylic acids is 1. The van der Waals surface area contributed by atoms with E-state index in [0.29, 0.717) is 36.2 Å². The van der Waals surface area contributed by atoms with Crippen molar-refractivity contribution in [2.24, 2.45) is 0 Å². The maximum absolute atomic E-state index is 13.7. The van der Waals surface area contributed by atoms with Crippen LogP contribution < -0.4 is 20.1 Å². The van der Waals surface area contributed by atoms with E-state index in [1.165, 1.54) is 6.33 Å². The molecule has 1 aliphatic rings. The molecular formula is C27H33N5O3. The Bertz CT molecular complexity index is 1250. The molecule has 1 aromatic heterocycles. The molecule has 0 radical (unpaired) electrons. The lowest BCUT2D eigenvalue weighted by Gasteiger charge is -2.29. The van der Waals surface area contributed by atoms with Crippen LogP contribution in [0.2, 0.25) is 0 Å². The minimum atomic E-state index is -0.484. The first-order valence-electron chi connectivity index (χ1n) is 12.1. The fraction of sp³-hybridized carbons (Fsp3) is 0.370. The average Bonchev–Trinajstić information content (AvgIpc) is 3.30. The predicted molar refractivity (Wildman–Crippen MR) is 137 cm³/mol. The van der Waals surface area contributed by atoms with Gasteiger partial charge in [0.15, 0.2) is 11.5 Å². The molecule has 1 atom stereocenters. The molecule has 2 heterocycles. The molecule has 0 fully saturated rings. The van der Waals surface area contributed by atoms with Crippen LogP contribution in [0.4, 0.5) is 11.6 Å². The van der Waals surface area contributed by atoms with Gasteiger partial charge in [0.25, 0.3) is 5.91 Å². The van der Waals surface area contributed by atoms with E-state index in [1.54, 1.807) is 4.68 Å². The maximum Gasteiger partial charge on any atom is 0.255 e. The van der Waals surface area contributed by atoms with Crippen molar-refractivity contribution in [2.75, 3.05) is 23.8 Å². The highest BCUT2D eigenvalue weighted by Crippen LogP contribution is 2.39. The van der Waals surface area contributed by atoms with E-state index in [1.807, 2.05) is 64.1 Å². The van der Waals surface area contributed by atoms with Crippen molar-refractivity contribution >= 4 is 17.5 Å². The summed E-state index contributed by atoms with van der Waals surface area (Å²) in [5, 5.41) is 10.8. The quantitative estimate of drug-likeness (QED) is 0.403. The molecular weight excluding hydrogens is 442 g/mol. The zero-order chi connectivity index (χ0) is 24.9. The monoisotopic (exact) mass is 475 g/mol. The zero-order valence-electron chi connectivity index (χ0n) is 21.0. The van der Waals surface area contributed by atoms with Gasteiger partial charge in [-0.2, -0.15) is 10.1 Å². The molecule has 0 saturated carbocycles. The predicted octanol–water partition coefficient (Wildman–Crippen LogP) is 5.40. The smallest absolute Gasteiger partial charge is 0.255 e. The van der Waals surface area contributed by atoms with Gasteiger partial charge in [-0.3, -0.25) is 4.79 Å². The molecule has 3 aromatic rings. The Hall–Kier alpha value is -3.81. The van der Waals surface area contributed by atoms with Crippen LogP contribution in [0.15, 0.2) is 54.0 Å². The number of nitrogens with zero attached hydrogens (tertiary/aromatic N) is 3. The molecule has 4 rings (SSSR count). The lowest BCUT2D eigenvalue weighted by atomic mass is 9.94. The minimum Gasteiger partial charge on any atom is -0.490 e. The fourth-order valence-electron chi connectivity index (χ4n) is 4.18. The van der Waals surface area contributed by atoms with E-state index < -0.39 is 6.04 Å². The van der Waals surface area contributed by atoms with Crippen LogP contribution in [0.3, 0.4) is 0 Å². The van der Waals surface area contributed by atoms with E-state index >= 15 is 0 Å².